The smallest absolute Gasteiger partial charge is 0.122 e. The molecule has 0 bridgehead atoms. The molecule has 0 aliphatic carbocycles. The first-order chi connectivity index (χ1) is 5.38. The molecule has 0 aromatic heterocycles. The maximum absolute atomic E-state index is 5.12. The highest BCUT2D eigenvalue weighted by Crippen LogP contribution is 2.17. The molecule has 0 atom stereocenters. The summed E-state index contributed by atoms with van der Waals surface area (Å²) >= 11 is 0. The van der Waals surface area contributed by atoms with Crippen LogP contribution in [-0.4, -0.2) is 7.11 Å². The van der Waals surface area contributed by atoms with E-state index in [-0.39, 0.29) is 0 Å². The lowest BCUT2D eigenvalue weighted by Crippen LogP contribution is -1.89. The van der Waals surface area contributed by atoms with Gasteiger partial charge in [-0.05, 0) is 24.1 Å². The van der Waals surface area contributed by atoms with Gasteiger partial charge in [0.05, 0.1) is 7.11 Å². The van der Waals surface area contributed by atoms with Gasteiger partial charge in [0.15, 0.2) is 0 Å². The van der Waals surface area contributed by atoms with E-state index in [1.54, 1.807) is 7.11 Å². The number of ether oxygens (including phenoxy) is 1. The third-order valence-corrected chi connectivity index (χ3v) is 1.50. The van der Waals surface area contributed by atoms with E-state index in [1.165, 1.54) is 0 Å². The first-order valence-electron chi connectivity index (χ1n) is 3.52. The molecule has 57 valence electrons. The van der Waals surface area contributed by atoms with Crippen molar-refractivity contribution in [1.29, 1.82) is 0 Å². The van der Waals surface area contributed by atoms with Gasteiger partial charge in [-0.2, -0.15) is 0 Å². The minimum Gasteiger partial charge on any atom is -0.496 e. The lowest BCUT2D eigenvalue weighted by Gasteiger charge is -2.04. The summed E-state index contributed by atoms with van der Waals surface area (Å²) in [7, 11) is 1.66. The highest BCUT2D eigenvalue weighted by atomic mass is 16.5. The predicted octanol–water partition coefficient (Wildman–Crippen LogP) is 2.22. The molecule has 0 unspecified atom stereocenters. The fourth-order valence-electron chi connectivity index (χ4n) is 0.961. The van der Waals surface area contributed by atoms with Crippen molar-refractivity contribution in [2.45, 2.75) is 6.42 Å². The summed E-state index contributed by atoms with van der Waals surface area (Å²) in [5.74, 6) is 0.882. The van der Waals surface area contributed by atoms with Crippen molar-refractivity contribution in [1.82, 2.24) is 0 Å². The van der Waals surface area contributed by atoms with Gasteiger partial charge in [-0.1, -0.05) is 18.2 Å². The molecular formula is C10H11O. The lowest BCUT2D eigenvalue weighted by molar-refractivity contribution is 0.410. The molecule has 0 aliphatic rings. The van der Waals surface area contributed by atoms with Crippen LogP contribution >= 0.6 is 0 Å². The van der Waals surface area contributed by atoms with E-state index >= 15 is 0 Å². The molecule has 0 aliphatic heterocycles. The second kappa shape index (κ2) is 3.81. The Bertz CT molecular complexity index is 240. The van der Waals surface area contributed by atoms with E-state index in [9.17, 15) is 0 Å². The normalized spacial score (nSPS) is 9.18. The van der Waals surface area contributed by atoms with Gasteiger partial charge < -0.3 is 4.74 Å². The summed E-state index contributed by atoms with van der Waals surface area (Å²) in [5, 5.41) is 0. The molecular weight excluding hydrogens is 136 g/mol. The molecule has 1 aromatic rings. The molecule has 0 saturated carbocycles. The zero-order valence-electron chi connectivity index (χ0n) is 6.63. The van der Waals surface area contributed by atoms with Crippen LogP contribution in [0.1, 0.15) is 5.56 Å². The van der Waals surface area contributed by atoms with Crippen LogP contribution in [0.2, 0.25) is 0 Å². The van der Waals surface area contributed by atoms with Gasteiger partial charge in [0.2, 0.25) is 0 Å². The number of benzene rings is 1. The van der Waals surface area contributed by atoms with Crippen LogP contribution in [0, 0.1) is 6.07 Å². The first-order valence-corrected chi connectivity index (χ1v) is 3.52. The molecule has 0 saturated heterocycles. The molecule has 1 nitrogen and oxygen atoms in total. The molecule has 1 aromatic carbocycles. The predicted molar refractivity (Wildman–Crippen MR) is 45.7 cm³/mol. The van der Waals surface area contributed by atoms with E-state index < -0.39 is 0 Å². The third-order valence-electron chi connectivity index (χ3n) is 1.50. The number of rotatable bonds is 3. The average Bonchev–Trinajstić information content (AvgIpc) is 2.06. The fourth-order valence-corrected chi connectivity index (χ4v) is 0.961. The van der Waals surface area contributed by atoms with Crippen LogP contribution < -0.4 is 4.74 Å². The van der Waals surface area contributed by atoms with E-state index in [2.05, 4.69) is 12.6 Å². The Balaban J connectivity index is 2.92. The highest BCUT2D eigenvalue weighted by Gasteiger charge is 1.96. The van der Waals surface area contributed by atoms with E-state index in [1.807, 2.05) is 24.3 Å². The van der Waals surface area contributed by atoms with Gasteiger partial charge in [0.1, 0.15) is 5.75 Å². The van der Waals surface area contributed by atoms with E-state index in [0.717, 1.165) is 17.7 Å². The molecule has 1 heteroatoms. The van der Waals surface area contributed by atoms with Crippen molar-refractivity contribution in [2.75, 3.05) is 7.11 Å². The fraction of sp³-hybridized carbons (Fsp3) is 0.200. The van der Waals surface area contributed by atoms with Crippen molar-refractivity contribution >= 4 is 0 Å². The van der Waals surface area contributed by atoms with E-state index in [4.69, 9.17) is 4.74 Å². The van der Waals surface area contributed by atoms with Crippen molar-refractivity contribution in [3.05, 3.63) is 42.5 Å². The minimum atomic E-state index is 0.845. The number of hydrogen-bond acceptors (Lipinski definition) is 1. The van der Waals surface area contributed by atoms with Crippen molar-refractivity contribution < 1.29 is 4.74 Å². The monoisotopic (exact) mass is 147 g/mol. The van der Waals surface area contributed by atoms with Crippen LogP contribution in [0.15, 0.2) is 30.9 Å². The molecule has 0 fully saturated rings. The van der Waals surface area contributed by atoms with Crippen molar-refractivity contribution in [3.8, 4) is 5.75 Å². The van der Waals surface area contributed by atoms with Gasteiger partial charge in [-0.25, -0.2) is 0 Å². The molecule has 0 spiro atoms. The quantitative estimate of drug-likeness (QED) is 0.596. The topological polar surface area (TPSA) is 9.23 Å². The van der Waals surface area contributed by atoms with Gasteiger partial charge >= 0.3 is 0 Å². The zero-order chi connectivity index (χ0) is 8.10. The zero-order valence-corrected chi connectivity index (χ0v) is 6.63. The summed E-state index contributed by atoms with van der Waals surface area (Å²) in [6, 6.07) is 8.65. The first kappa shape index (κ1) is 7.86. The van der Waals surface area contributed by atoms with Gasteiger partial charge in [0, 0.05) is 0 Å². The molecule has 1 radical (unpaired) electrons. The van der Waals surface area contributed by atoms with Gasteiger partial charge in [0.25, 0.3) is 0 Å². The Morgan fingerprint density at radius 1 is 1.73 bits per heavy atom. The number of allylic oxidation sites excluding steroid dienone is 1. The summed E-state index contributed by atoms with van der Waals surface area (Å²) in [4.78, 5) is 0. The Labute approximate surface area is 67.3 Å². The van der Waals surface area contributed by atoms with Crippen molar-refractivity contribution in [2.24, 2.45) is 0 Å². The molecule has 0 N–H and O–H groups in total. The van der Waals surface area contributed by atoms with Crippen LogP contribution in [0.25, 0.3) is 0 Å². The van der Waals surface area contributed by atoms with Gasteiger partial charge in [-0.15, -0.1) is 6.58 Å². The highest BCUT2D eigenvalue weighted by molar-refractivity contribution is 5.33. The van der Waals surface area contributed by atoms with Crippen LogP contribution in [0.3, 0.4) is 0 Å². The van der Waals surface area contributed by atoms with Crippen LogP contribution in [0.5, 0.6) is 5.75 Å². The standard InChI is InChI=1S/C10H11O/c1-3-6-9-7-4-5-8-10(9)11-2/h3-4,7-8H,1,6H2,2H3. The Morgan fingerprint density at radius 3 is 3.18 bits per heavy atom. The maximum atomic E-state index is 5.12. The summed E-state index contributed by atoms with van der Waals surface area (Å²) in [6.45, 7) is 3.67. The lowest BCUT2D eigenvalue weighted by atomic mass is 10.1. The summed E-state index contributed by atoms with van der Waals surface area (Å²) < 4.78 is 5.12. The average molecular weight is 147 g/mol. The maximum Gasteiger partial charge on any atom is 0.122 e. The molecule has 1 rings (SSSR count). The summed E-state index contributed by atoms with van der Waals surface area (Å²) in [6.07, 6.45) is 2.70. The van der Waals surface area contributed by atoms with Gasteiger partial charge in [-0.3, -0.25) is 0 Å². The van der Waals surface area contributed by atoms with Crippen molar-refractivity contribution in [3.63, 3.8) is 0 Å². The second-order valence-corrected chi connectivity index (χ2v) is 2.23. The summed E-state index contributed by atoms with van der Waals surface area (Å²) in [5.41, 5.74) is 1.15. The van der Waals surface area contributed by atoms with Crippen LogP contribution in [0.4, 0.5) is 0 Å². The number of hydrogen-bond donors (Lipinski definition) is 0. The largest absolute Gasteiger partial charge is 0.496 e. The molecule has 0 amide bonds. The molecule has 0 heterocycles. The minimum absolute atomic E-state index is 0.845. The molecule has 11 heavy (non-hydrogen) atoms. The Morgan fingerprint density at radius 2 is 2.55 bits per heavy atom. The number of methoxy groups -OCH3 is 1. The van der Waals surface area contributed by atoms with E-state index in [0.29, 0.717) is 0 Å². The second-order valence-electron chi connectivity index (χ2n) is 2.23. The van der Waals surface area contributed by atoms with Crippen LogP contribution in [-0.2, 0) is 6.42 Å². The Hall–Kier alpha value is -1.24. The Kier molecular flexibility index (Phi) is 2.73. The SMILES string of the molecule is C=CCc1cc[c]cc1OC. The third kappa shape index (κ3) is 1.84.